The molecular formula is C21H27ClN6O2. The van der Waals surface area contributed by atoms with Gasteiger partial charge in [0.25, 0.3) is 5.91 Å². The van der Waals surface area contributed by atoms with E-state index in [1.54, 1.807) is 0 Å². The van der Waals surface area contributed by atoms with Crippen LogP contribution in [0.4, 0.5) is 5.69 Å². The summed E-state index contributed by atoms with van der Waals surface area (Å²) in [5.74, 6) is 0.132. The lowest BCUT2D eigenvalue weighted by Gasteiger charge is -2.35. The van der Waals surface area contributed by atoms with E-state index < -0.39 is 0 Å². The number of fused-ring (bicyclic) bond motifs is 2. The molecule has 0 bridgehead atoms. The monoisotopic (exact) mass is 430 g/mol. The van der Waals surface area contributed by atoms with Crippen molar-refractivity contribution in [3.05, 3.63) is 46.8 Å². The second-order valence-corrected chi connectivity index (χ2v) is 7.95. The normalized spacial score (nSPS) is 18.5. The lowest BCUT2D eigenvalue weighted by atomic mass is 10.1. The molecule has 5 rings (SSSR count). The van der Waals surface area contributed by atoms with Gasteiger partial charge in [-0.15, -0.1) is 12.4 Å². The topological polar surface area (TPSA) is 84.6 Å². The van der Waals surface area contributed by atoms with Crippen molar-refractivity contribution in [1.82, 2.24) is 25.3 Å². The number of para-hydroxylation sites is 1. The van der Waals surface area contributed by atoms with E-state index in [1.807, 2.05) is 28.0 Å². The van der Waals surface area contributed by atoms with E-state index in [0.29, 0.717) is 45.0 Å². The smallest absolute Gasteiger partial charge is 0.274 e. The van der Waals surface area contributed by atoms with Gasteiger partial charge in [0.2, 0.25) is 5.91 Å². The highest BCUT2D eigenvalue weighted by molar-refractivity contribution is 5.97. The maximum atomic E-state index is 12.9. The molecule has 4 heterocycles. The van der Waals surface area contributed by atoms with E-state index in [2.05, 4.69) is 26.5 Å². The zero-order valence-corrected chi connectivity index (χ0v) is 17.7. The molecule has 3 aliphatic rings. The number of hydrogen-bond donors (Lipinski definition) is 2. The molecule has 0 atom stereocenters. The van der Waals surface area contributed by atoms with Gasteiger partial charge in [-0.1, -0.05) is 18.2 Å². The zero-order chi connectivity index (χ0) is 19.8. The molecule has 0 radical (unpaired) electrons. The van der Waals surface area contributed by atoms with Crippen molar-refractivity contribution in [2.24, 2.45) is 0 Å². The first-order chi connectivity index (χ1) is 14.2. The molecule has 1 aromatic carbocycles. The van der Waals surface area contributed by atoms with Gasteiger partial charge in [-0.2, -0.15) is 5.10 Å². The van der Waals surface area contributed by atoms with Gasteiger partial charge in [-0.05, 0) is 18.1 Å². The number of H-pyrrole nitrogens is 1. The van der Waals surface area contributed by atoms with Crippen LogP contribution in [-0.4, -0.2) is 77.6 Å². The minimum atomic E-state index is -0.00866. The molecule has 2 aromatic rings. The fraction of sp³-hybridized carbons (Fsp3) is 0.476. The van der Waals surface area contributed by atoms with Crippen LogP contribution in [0.2, 0.25) is 0 Å². The molecule has 2 amide bonds. The SMILES string of the molecule is Cl.O=C(c1n[nH]c2c1CNCC2)N1CCN(CC(=O)N2CCc3ccccc32)CC1. The number of aromatic nitrogens is 2. The van der Waals surface area contributed by atoms with Crippen molar-refractivity contribution >= 4 is 29.9 Å². The molecule has 0 spiro atoms. The molecule has 0 aliphatic carbocycles. The van der Waals surface area contributed by atoms with Gasteiger partial charge in [-0.25, -0.2) is 0 Å². The van der Waals surface area contributed by atoms with Crippen LogP contribution in [0.1, 0.15) is 27.3 Å². The van der Waals surface area contributed by atoms with E-state index in [4.69, 9.17) is 0 Å². The highest BCUT2D eigenvalue weighted by atomic mass is 35.5. The summed E-state index contributed by atoms with van der Waals surface area (Å²) < 4.78 is 0. The Hall–Kier alpha value is -2.42. The third-order valence-electron chi connectivity index (χ3n) is 6.22. The number of aromatic amines is 1. The number of anilines is 1. The highest BCUT2D eigenvalue weighted by Gasteiger charge is 2.30. The summed E-state index contributed by atoms with van der Waals surface area (Å²) in [6, 6.07) is 8.13. The molecule has 0 unspecified atom stereocenters. The third kappa shape index (κ3) is 3.82. The number of carbonyl (C=O) groups excluding carboxylic acids is 2. The fourth-order valence-electron chi connectivity index (χ4n) is 4.53. The quantitative estimate of drug-likeness (QED) is 0.753. The molecular weight excluding hydrogens is 404 g/mol. The van der Waals surface area contributed by atoms with Crippen LogP contribution in [0, 0.1) is 0 Å². The minimum Gasteiger partial charge on any atom is -0.335 e. The van der Waals surface area contributed by atoms with Gasteiger partial charge in [0.15, 0.2) is 5.69 Å². The van der Waals surface area contributed by atoms with Gasteiger partial charge >= 0.3 is 0 Å². The number of hydrogen-bond acceptors (Lipinski definition) is 5. The molecule has 3 aliphatic heterocycles. The Labute approximate surface area is 182 Å². The van der Waals surface area contributed by atoms with Crippen LogP contribution in [0.25, 0.3) is 0 Å². The van der Waals surface area contributed by atoms with Crippen molar-refractivity contribution in [1.29, 1.82) is 0 Å². The lowest BCUT2D eigenvalue weighted by Crippen LogP contribution is -2.51. The second kappa shape index (κ2) is 8.75. The van der Waals surface area contributed by atoms with Crippen molar-refractivity contribution < 1.29 is 9.59 Å². The van der Waals surface area contributed by atoms with Crippen LogP contribution >= 0.6 is 12.4 Å². The Bertz CT molecular complexity index is 937. The Morgan fingerprint density at radius 2 is 1.83 bits per heavy atom. The molecule has 160 valence electrons. The van der Waals surface area contributed by atoms with Crippen molar-refractivity contribution in [2.75, 3.05) is 50.7 Å². The Morgan fingerprint density at radius 1 is 1.03 bits per heavy atom. The number of benzene rings is 1. The number of amides is 2. The molecule has 9 heteroatoms. The number of rotatable bonds is 3. The van der Waals surface area contributed by atoms with E-state index in [0.717, 1.165) is 42.9 Å². The third-order valence-corrected chi connectivity index (χ3v) is 6.22. The molecule has 2 N–H and O–H groups in total. The molecule has 1 saturated heterocycles. The Balaban J connectivity index is 0.00000218. The van der Waals surface area contributed by atoms with Crippen molar-refractivity contribution in [2.45, 2.75) is 19.4 Å². The predicted octanol–water partition coefficient (Wildman–Crippen LogP) is 0.824. The summed E-state index contributed by atoms with van der Waals surface area (Å²) in [6.07, 6.45) is 1.80. The minimum absolute atomic E-state index is 0. The van der Waals surface area contributed by atoms with Gasteiger partial charge in [0, 0.05) is 69.2 Å². The first-order valence-corrected chi connectivity index (χ1v) is 10.4. The number of nitrogens with one attached hydrogen (secondary N) is 2. The van der Waals surface area contributed by atoms with E-state index in [9.17, 15) is 9.59 Å². The van der Waals surface area contributed by atoms with Crippen molar-refractivity contribution in [3.63, 3.8) is 0 Å². The summed E-state index contributed by atoms with van der Waals surface area (Å²) in [7, 11) is 0. The van der Waals surface area contributed by atoms with Gasteiger partial charge in [0.05, 0.1) is 6.54 Å². The van der Waals surface area contributed by atoms with E-state index >= 15 is 0 Å². The Morgan fingerprint density at radius 3 is 2.67 bits per heavy atom. The van der Waals surface area contributed by atoms with Gasteiger partial charge in [0.1, 0.15) is 0 Å². The van der Waals surface area contributed by atoms with E-state index in [1.165, 1.54) is 5.56 Å². The standard InChI is InChI=1S/C21H26N6O2.ClH/c28-19(27-8-6-15-3-1-2-4-18(15)27)14-25-9-11-26(12-10-25)21(29)20-16-13-22-7-5-17(16)23-24-20;/h1-4,22H,5-14H2,(H,23,24);1H. The summed E-state index contributed by atoms with van der Waals surface area (Å²) >= 11 is 0. The van der Waals surface area contributed by atoms with Crippen LogP contribution in [0.5, 0.6) is 0 Å². The molecule has 1 fully saturated rings. The molecule has 1 aromatic heterocycles. The molecule has 8 nitrogen and oxygen atoms in total. The summed E-state index contributed by atoms with van der Waals surface area (Å²) in [5.41, 5.74) is 4.91. The lowest BCUT2D eigenvalue weighted by molar-refractivity contribution is -0.120. The summed E-state index contributed by atoms with van der Waals surface area (Å²) in [5, 5.41) is 10.6. The number of carbonyl (C=O) groups is 2. The number of halogens is 1. The molecule has 0 saturated carbocycles. The number of piperazine rings is 1. The predicted molar refractivity (Wildman–Crippen MR) is 116 cm³/mol. The summed E-state index contributed by atoms with van der Waals surface area (Å²) in [6.45, 7) is 5.42. The molecule has 30 heavy (non-hydrogen) atoms. The van der Waals surface area contributed by atoms with Crippen LogP contribution in [0.3, 0.4) is 0 Å². The number of nitrogens with zero attached hydrogens (tertiary/aromatic N) is 4. The van der Waals surface area contributed by atoms with Gasteiger partial charge in [-0.3, -0.25) is 19.6 Å². The first-order valence-electron chi connectivity index (χ1n) is 10.4. The Kier molecular flexibility index (Phi) is 6.08. The zero-order valence-electron chi connectivity index (χ0n) is 16.9. The average molecular weight is 431 g/mol. The fourth-order valence-corrected chi connectivity index (χ4v) is 4.53. The van der Waals surface area contributed by atoms with Crippen molar-refractivity contribution in [3.8, 4) is 0 Å². The largest absolute Gasteiger partial charge is 0.335 e. The maximum Gasteiger partial charge on any atom is 0.274 e. The first kappa shape index (κ1) is 20.8. The van der Waals surface area contributed by atoms with Crippen LogP contribution in [0.15, 0.2) is 24.3 Å². The van der Waals surface area contributed by atoms with Crippen LogP contribution in [-0.2, 0) is 24.2 Å². The van der Waals surface area contributed by atoms with Crippen LogP contribution < -0.4 is 10.2 Å². The van der Waals surface area contributed by atoms with Gasteiger partial charge < -0.3 is 15.1 Å². The highest BCUT2D eigenvalue weighted by Crippen LogP contribution is 2.27. The second-order valence-electron chi connectivity index (χ2n) is 7.95. The summed E-state index contributed by atoms with van der Waals surface area (Å²) in [4.78, 5) is 31.7. The maximum absolute atomic E-state index is 12.9. The van der Waals surface area contributed by atoms with E-state index in [-0.39, 0.29) is 24.2 Å². The average Bonchev–Trinajstić information content (AvgIpc) is 3.38.